The monoisotopic (exact) mass is 443 g/mol. The maximum atomic E-state index is 13.3. The Bertz CT molecular complexity index is 746. The molecular weight excluding hydrogens is 402 g/mol. The van der Waals surface area contributed by atoms with Crippen LogP contribution in [0.25, 0.3) is 0 Å². The van der Waals surface area contributed by atoms with E-state index in [4.69, 9.17) is 4.74 Å². The molecule has 178 valence electrons. The van der Waals surface area contributed by atoms with Gasteiger partial charge in [0.25, 0.3) is 0 Å². The van der Waals surface area contributed by atoms with Gasteiger partial charge in [-0.05, 0) is 63.7 Å². The van der Waals surface area contributed by atoms with Crippen LogP contribution in [0.3, 0.4) is 0 Å². The van der Waals surface area contributed by atoms with Gasteiger partial charge in [0.15, 0.2) is 0 Å². The molecule has 0 aliphatic carbocycles. The van der Waals surface area contributed by atoms with Crippen LogP contribution >= 0.6 is 0 Å². The number of amides is 2. The summed E-state index contributed by atoms with van der Waals surface area (Å²) in [5.74, 6) is 1.52. The van der Waals surface area contributed by atoms with Crippen LogP contribution in [0.4, 0.5) is 0 Å². The molecule has 2 fully saturated rings. The highest BCUT2D eigenvalue weighted by atomic mass is 16.5. The van der Waals surface area contributed by atoms with Gasteiger partial charge in [-0.25, -0.2) is 0 Å². The van der Waals surface area contributed by atoms with E-state index in [0.717, 1.165) is 43.0 Å². The van der Waals surface area contributed by atoms with Crippen LogP contribution in [0, 0.1) is 11.8 Å². The second-order valence-corrected chi connectivity index (χ2v) is 9.44. The summed E-state index contributed by atoms with van der Waals surface area (Å²) in [7, 11) is 1.65. The van der Waals surface area contributed by atoms with Crippen LogP contribution in [-0.4, -0.2) is 61.4 Å². The molecule has 32 heavy (non-hydrogen) atoms. The predicted octanol–water partition coefficient (Wildman–Crippen LogP) is 4.01. The number of para-hydroxylation sites is 1. The Morgan fingerprint density at radius 3 is 2.59 bits per heavy atom. The second-order valence-electron chi connectivity index (χ2n) is 9.44. The Hall–Kier alpha value is -2.08. The summed E-state index contributed by atoms with van der Waals surface area (Å²) in [4.78, 5) is 30.6. The van der Waals surface area contributed by atoms with Gasteiger partial charge < -0.3 is 19.9 Å². The molecule has 2 aliphatic rings. The van der Waals surface area contributed by atoms with Gasteiger partial charge >= 0.3 is 0 Å². The molecule has 2 atom stereocenters. The van der Waals surface area contributed by atoms with Crippen molar-refractivity contribution in [3.63, 3.8) is 0 Å². The maximum absolute atomic E-state index is 13.3. The summed E-state index contributed by atoms with van der Waals surface area (Å²) in [6.45, 7) is 9.19. The van der Waals surface area contributed by atoms with Crippen LogP contribution in [0.15, 0.2) is 24.3 Å². The number of unbranched alkanes of at least 4 members (excludes halogenated alkanes) is 1. The van der Waals surface area contributed by atoms with E-state index in [1.165, 1.54) is 25.9 Å². The lowest BCUT2D eigenvalue weighted by Crippen LogP contribution is -2.48. The minimum atomic E-state index is -0.275. The number of nitrogens with zero attached hydrogens (tertiary/aromatic N) is 2. The number of methoxy groups -OCH3 is 1. The van der Waals surface area contributed by atoms with Gasteiger partial charge in [-0.2, -0.15) is 0 Å². The number of nitrogens with one attached hydrogen (secondary N) is 1. The van der Waals surface area contributed by atoms with Gasteiger partial charge in [0.1, 0.15) is 5.75 Å². The summed E-state index contributed by atoms with van der Waals surface area (Å²) in [6.07, 6.45) is 6.46. The highest BCUT2D eigenvalue weighted by Gasteiger charge is 2.41. The molecule has 0 saturated carbocycles. The number of hydrogen-bond donors (Lipinski definition) is 1. The average Bonchev–Trinajstić information content (AvgIpc) is 2.81. The van der Waals surface area contributed by atoms with E-state index in [2.05, 4.69) is 24.1 Å². The minimum absolute atomic E-state index is 0.0576. The fourth-order valence-corrected chi connectivity index (χ4v) is 5.05. The molecule has 2 amide bonds. The van der Waals surface area contributed by atoms with Crippen molar-refractivity contribution < 1.29 is 14.3 Å². The lowest BCUT2D eigenvalue weighted by atomic mass is 9.83. The molecule has 2 aliphatic heterocycles. The fourth-order valence-electron chi connectivity index (χ4n) is 5.05. The second kappa shape index (κ2) is 12.2. The molecule has 3 rings (SSSR count). The Morgan fingerprint density at radius 1 is 1.12 bits per heavy atom. The molecule has 6 nitrogen and oxygen atoms in total. The average molecular weight is 444 g/mol. The molecule has 0 spiro atoms. The number of benzene rings is 1. The number of hydrogen-bond acceptors (Lipinski definition) is 4. The summed E-state index contributed by atoms with van der Waals surface area (Å²) >= 11 is 0. The normalized spacial score (nSPS) is 22.7. The van der Waals surface area contributed by atoms with E-state index in [1.54, 1.807) is 7.11 Å². The van der Waals surface area contributed by atoms with Crippen LogP contribution in [-0.2, 0) is 9.59 Å². The molecule has 2 unspecified atom stereocenters. The fraction of sp³-hybridized carbons (Fsp3) is 0.692. The topological polar surface area (TPSA) is 61.9 Å². The Balaban J connectivity index is 1.66. The van der Waals surface area contributed by atoms with E-state index >= 15 is 0 Å². The molecule has 1 aromatic rings. The zero-order valence-electron chi connectivity index (χ0n) is 20.1. The van der Waals surface area contributed by atoms with E-state index in [0.29, 0.717) is 25.9 Å². The maximum Gasteiger partial charge on any atom is 0.225 e. The lowest BCUT2D eigenvalue weighted by molar-refractivity contribution is -0.143. The van der Waals surface area contributed by atoms with Crippen molar-refractivity contribution in [2.24, 2.45) is 11.8 Å². The van der Waals surface area contributed by atoms with Gasteiger partial charge in [-0.1, -0.05) is 38.5 Å². The van der Waals surface area contributed by atoms with E-state index in [9.17, 15) is 9.59 Å². The smallest absolute Gasteiger partial charge is 0.225 e. The first-order valence-electron chi connectivity index (χ1n) is 12.5. The van der Waals surface area contributed by atoms with Crippen LogP contribution in [0.5, 0.6) is 5.75 Å². The van der Waals surface area contributed by atoms with Crippen molar-refractivity contribution in [3.05, 3.63) is 29.8 Å². The zero-order chi connectivity index (χ0) is 22.9. The van der Waals surface area contributed by atoms with E-state index < -0.39 is 0 Å². The van der Waals surface area contributed by atoms with Crippen LogP contribution in [0.2, 0.25) is 0 Å². The van der Waals surface area contributed by atoms with E-state index in [-0.39, 0.29) is 23.8 Å². The van der Waals surface area contributed by atoms with E-state index in [1.807, 2.05) is 29.2 Å². The zero-order valence-corrected chi connectivity index (χ0v) is 20.1. The summed E-state index contributed by atoms with van der Waals surface area (Å²) in [5, 5.41) is 3.19. The SMILES string of the molecule is CCCCN1C(=O)CCC(C(=O)NCCCN2CCC(C)CC2)C1c1ccccc1OC. The largest absolute Gasteiger partial charge is 0.496 e. The molecule has 2 saturated heterocycles. The van der Waals surface area contributed by atoms with Gasteiger partial charge in [0.2, 0.25) is 11.8 Å². The highest BCUT2D eigenvalue weighted by molar-refractivity contribution is 5.85. The van der Waals surface area contributed by atoms with Crippen molar-refractivity contribution in [1.82, 2.24) is 15.1 Å². The van der Waals surface area contributed by atoms with Crippen LogP contribution < -0.4 is 10.1 Å². The van der Waals surface area contributed by atoms with Gasteiger partial charge in [0.05, 0.1) is 19.1 Å². The quantitative estimate of drug-likeness (QED) is 0.555. The predicted molar refractivity (Wildman–Crippen MR) is 128 cm³/mol. The third-order valence-corrected chi connectivity index (χ3v) is 7.08. The molecule has 6 heteroatoms. The summed E-state index contributed by atoms with van der Waals surface area (Å²) < 4.78 is 5.61. The summed E-state index contributed by atoms with van der Waals surface area (Å²) in [6, 6.07) is 7.53. The number of ether oxygens (including phenoxy) is 1. The first kappa shape index (κ1) is 24.6. The first-order chi connectivity index (χ1) is 15.5. The third-order valence-electron chi connectivity index (χ3n) is 7.08. The first-order valence-corrected chi connectivity index (χ1v) is 12.5. The molecular formula is C26H41N3O3. The number of carbonyl (C=O) groups excluding carboxylic acids is 2. The number of rotatable bonds is 10. The lowest BCUT2D eigenvalue weighted by Gasteiger charge is -2.41. The molecule has 2 heterocycles. The Morgan fingerprint density at radius 2 is 1.88 bits per heavy atom. The molecule has 0 radical (unpaired) electrons. The van der Waals surface area contributed by atoms with Crippen molar-refractivity contribution in [3.8, 4) is 5.75 Å². The Labute approximate surface area is 193 Å². The summed E-state index contributed by atoms with van der Waals surface area (Å²) in [5.41, 5.74) is 0.932. The molecule has 0 bridgehead atoms. The molecule has 1 aromatic carbocycles. The Kier molecular flexibility index (Phi) is 9.39. The third kappa shape index (κ3) is 6.25. The van der Waals surface area contributed by atoms with Crippen molar-refractivity contribution >= 4 is 11.8 Å². The van der Waals surface area contributed by atoms with Crippen molar-refractivity contribution in [2.45, 2.75) is 64.8 Å². The van der Waals surface area contributed by atoms with Crippen molar-refractivity contribution in [1.29, 1.82) is 0 Å². The number of piperidine rings is 2. The molecule has 1 N–H and O–H groups in total. The van der Waals surface area contributed by atoms with Gasteiger partial charge in [-0.3, -0.25) is 9.59 Å². The molecule has 0 aromatic heterocycles. The van der Waals surface area contributed by atoms with Gasteiger partial charge in [-0.15, -0.1) is 0 Å². The minimum Gasteiger partial charge on any atom is -0.496 e. The highest BCUT2D eigenvalue weighted by Crippen LogP contribution is 2.40. The number of likely N-dealkylation sites (tertiary alicyclic amines) is 2. The number of carbonyl (C=O) groups is 2. The van der Waals surface area contributed by atoms with Crippen molar-refractivity contribution in [2.75, 3.05) is 39.8 Å². The van der Waals surface area contributed by atoms with Crippen LogP contribution in [0.1, 0.15) is 70.4 Å². The van der Waals surface area contributed by atoms with Gasteiger partial charge in [0, 0.05) is 25.1 Å². The standard InChI is InChI=1S/C26H41N3O3/c1-4-5-17-29-24(30)12-11-22(25(29)21-9-6-7-10-23(21)32-3)26(31)27-15-8-16-28-18-13-20(2)14-19-28/h6-7,9-10,20,22,25H,4-5,8,11-19H2,1-3H3,(H,27,31).